The summed E-state index contributed by atoms with van der Waals surface area (Å²) in [4.78, 5) is 15.1. The van der Waals surface area contributed by atoms with Crippen LogP contribution < -0.4 is 5.48 Å². The molecule has 1 heterocycles. The van der Waals surface area contributed by atoms with Crippen LogP contribution in [-0.2, 0) is 14.4 Å². The first-order valence-electron chi connectivity index (χ1n) is 4.66. The van der Waals surface area contributed by atoms with Crippen LogP contribution >= 0.6 is 0 Å². The molecule has 94 valence electrons. The lowest BCUT2D eigenvalue weighted by molar-refractivity contribution is -0.283. The van der Waals surface area contributed by atoms with Crippen LogP contribution in [0, 0.1) is 0 Å². The Morgan fingerprint density at radius 2 is 2.12 bits per heavy atom. The third-order valence-electron chi connectivity index (χ3n) is 2.15. The number of alkyl halides is 1. The van der Waals surface area contributed by atoms with Crippen molar-refractivity contribution in [2.75, 3.05) is 6.61 Å². The van der Waals surface area contributed by atoms with E-state index < -0.39 is 43.3 Å². The zero-order valence-corrected chi connectivity index (χ0v) is 8.54. The molecule has 0 spiro atoms. The van der Waals surface area contributed by atoms with Gasteiger partial charge in [-0.1, -0.05) is 0 Å². The van der Waals surface area contributed by atoms with Gasteiger partial charge in [0.15, 0.2) is 6.10 Å². The lowest BCUT2D eigenvalue weighted by atomic mass is 10.00. The third kappa shape index (κ3) is 2.86. The number of hydrogen-bond acceptors (Lipinski definition) is 6. The van der Waals surface area contributed by atoms with Gasteiger partial charge in [-0.2, -0.15) is 0 Å². The second kappa shape index (κ2) is 5.51. The minimum atomic E-state index is -2.05. The molecule has 0 radical (unpaired) electrons. The Hall–Kier alpha value is -0.800. The molecule has 1 saturated heterocycles. The molecular weight excluding hydrogens is 225 g/mol. The van der Waals surface area contributed by atoms with E-state index in [2.05, 4.69) is 9.57 Å². The Balaban J connectivity index is 2.60. The van der Waals surface area contributed by atoms with Gasteiger partial charge in [0, 0.05) is 6.92 Å². The number of aliphatic hydroxyl groups excluding tert-OH is 3. The van der Waals surface area contributed by atoms with Crippen LogP contribution in [0.1, 0.15) is 6.92 Å². The highest BCUT2D eigenvalue weighted by Crippen LogP contribution is 2.23. The number of rotatable bonds is 3. The zero-order valence-electron chi connectivity index (χ0n) is 8.54. The average Bonchev–Trinajstić information content (AvgIpc) is 2.22. The Morgan fingerprint density at radius 1 is 1.50 bits per heavy atom. The van der Waals surface area contributed by atoms with Crippen LogP contribution in [-0.4, -0.2) is 58.6 Å². The average molecular weight is 239 g/mol. The van der Waals surface area contributed by atoms with E-state index in [-0.39, 0.29) is 0 Å². The summed E-state index contributed by atoms with van der Waals surface area (Å²) in [6.07, 6.45) is -7.91. The molecule has 1 unspecified atom stereocenters. The summed E-state index contributed by atoms with van der Waals surface area (Å²) in [5.41, 5.74) is 1.84. The van der Waals surface area contributed by atoms with Crippen LogP contribution in [0.4, 0.5) is 4.39 Å². The summed E-state index contributed by atoms with van der Waals surface area (Å²) in [5.74, 6) is -0.585. The minimum absolute atomic E-state index is 0.585. The molecule has 4 N–H and O–H groups in total. The molecule has 1 rings (SSSR count). The summed E-state index contributed by atoms with van der Waals surface area (Å²) in [7, 11) is 0. The van der Waals surface area contributed by atoms with E-state index in [1.165, 1.54) is 0 Å². The van der Waals surface area contributed by atoms with Gasteiger partial charge in [-0.05, 0) is 0 Å². The van der Waals surface area contributed by atoms with E-state index >= 15 is 0 Å². The van der Waals surface area contributed by atoms with Crippen molar-refractivity contribution in [2.45, 2.75) is 37.7 Å². The van der Waals surface area contributed by atoms with Crippen LogP contribution in [0.2, 0.25) is 0 Å². The number of carbonyl (C=O) groups is 1. The topological polar surface area (TPSA) is 108 Å². The van der Waals surface area contributed by atoms with Gasteiger partial charge in [-0.25, -0.2) is 9.87 Å². The summed E-state index contributed by atoms with van der Waals surface area (Å²) < 4.78 is 17.8. The second-order valence-electron chi connectivity index (χ2n) is 3.43. The van der Waals surface area contributed by atoms with Gasteiger partial charge >= 0.3 is 0 Å². The maximum atomic E-state index is 13.3. The number of hydrogen-bond donors (Lipinski definition) is 4. The molecule has 0 aliphatic carbocycles. The van der Waals surface area contributed by atoms with E-state index in [0.717, 1.165) is 6.92 Å². The molecule has 0 aromatic heterocycles. The van der Waals surface area contributed by atoms with Crippen molar-refractivity contribution in [3.8, 4) is 0 Å². The van der Waals surface area contributed by atoms with Crippen molar-refractivity contribution in [3.63, 3.8) is 0 Å². The van der Waals surface area contributed by atoms with E-state index in [4.69, 9.17) is 5.11 Å². The molecule has 0 bridgehead atoms. The van der Waals surface area contributed by atoms with E-state index in [1.807, 2.05) is 5.48 Å². The predicted molar refractivity (Wildman–Crippen MR) is 47.6 cm³/mol. The maximum absolute atomic E-state index is 13.3. The van der Waals surface area contributed by atoms with Crippen molar-refractivity contribution in [1.82, 2.24) is 5.48 Å². The van der Waals surface area contributed by atoms with Crippen LogP contribution in [0.5, 0.6) is 0 Å². The van der Waals surface area contributed by atoms with Crippen molar-refractivity contribution >= 4 is 5.91 Å². The van der Waals surface area contributed by atoms with Gasteiger partial charge in [-0.15, -0.1) is 0 Å². The highest BCUT2D eigenvalue weighted by molar-refractivity contribution is 5.71. The van der Waals surface area contributed by atoms with E-state index in [1.54, 1.807) is 0 Å². The monoisotopic (exact) mass is 239 g/mol. The van der Waals surface area contributed by atoms with Gasteiger partial charge in [-0.3, -0.25) is 9.63 Å². The van der Waals surface area contributed by atoms with E-state index in [0.29, 0.717) is 0 Å². The Labute approximate surface area is 90.7 Å². The third-order valence-corrected chi connectivity index (χ3v) is 2.15. The summed E-state index contributed by atoms with van der Waals surface area (Å²) in [6.45, 7) is 0.502. The molecule has 8 heteroatoms. The number of aliphatic hydroxyl groups is 3. The summed E-state index contributed by atoms with van der Waals surface area (Å²) in [5, 5.41) is 27.6. The van der Waals surface area contributed by atoms with Crippen LogP contribution in [0.3, 0.4) is 0 Å². The molecule has 5 atom stereocenters. The largest absolute Gasteiger partial charge is 0.394 e. The van der Waals surface area contributed by atoms with E-state index in [9.17, 15) is 19.4 Å². The fraction of sp³-hybridized carbons (Fsp3) is 0.875. The van der Waals surface area contributed by atoms with Crippen molar-refractivity contribution in [3.05, 3.63) is 0 Å². The molecule has 0 aromatic rings. The Morgan fingerprint density at radius 3 is 2.62 bits per heavy atom. The Kier molecular flexibility index (Phi) is 4.56. The first-order chi connectivity index (χ1) is 7.47. The number of hydroxylamine groups is 1. The van der Waals surface area contributed by atoms with Gasteiger partial charge < -0.3 is 20.1 Å². The molecular formula is C8H14FNO6. The number of carbonyl (C=O) groups excluding carboxylic acids is 1. The standard InChI is InChI=1S/C8H14FNO6/c1-3(12)10-16-7-6(14)5(13)4(2-11)15-8(7)9/h4-8,11,13-14H,2H2,1H3,(H,10,12)/t4-,5-,6+,7-,8?/m1/s1. The first kappa shape index (κ1) is 13.3. The lowest BCUT2D eigenvalue weighted by Gasteiger charge is -2.38. The molecule has 16 heavy (non-hydrogen) atoms. The van der Waals surface area contributed by atoms with Crippen molar-refractivity contribution in [2.24, 2.45) is 0 Å². The molecule has 0 saturated carbocycles. The number of ether oxygens (including phenoxy) is 1. The fourth-order valence-corrected chi connectivity index (χ4v) is 1.32. The highest BCUT2D eigenvalue weighted by atomic mass is 19.1. The molecule has 1 aliphatic rings. The van der Waals surface area contributed by atoms with Gasteiger partial charge in [0.05, 0.1) is 6.61 Å². The van der Waals surface area contributed by atoms with Gasteiger partial charge in [0.2, 0.25) is 12.3 Å². The van der Waals surface area contributed by atoms with Gasteiger partial charge in [0.25, 0.3) is 0 Å². The predicted octanol–water partition coefficient (Wildman–Crippen LogP) is -2.17. The zero-order chi connectivity index (χ0) is 12.3. The Bertz CT molecular complexity index is 253. The lowest BCUT2D eigenvalue weighted by Crippen LogP contribution is -2.59. The first-order valence-corrected chi connectivity index (χ1v) is 4.66. The van der Waals surface area contributed by atoms with Crippen molar-refractivity contribution < 1.29 is 34.1 Å². The number of halogens is 1. The molecule has 7 nitrogen and oxygen atoms in total. The van der Waals surface area contributed by atoms with Crippen molar-refractivity contribution in [1.29, 1.82) is 0 Å². The highest BCUT2D eigenvalue weighted by Gasteiger charge is 2.46. The molecule has 1 amide bonds. The molecule has 0 aromatic carbocycles. The van der Waals surface area contributed by atoms with Crippen LogP contribution in [0.25, 0.3) is 0 Å². The number of nitrogens with one attached hydrogen (secondary N) is 1. The van der Waals surface area contributed by atoms with Gasteiger partial charge in [0.1, 0.15) is 18.3 Å². The number of amides is 1. The summed E-state index contributed by atoms with van der Waals surface area (Å²) >= 11 is 0. The maximum Gasteiger partial charge on any atom is 0.240 e. The van der Waals surface area contributed by atoms with Crippen LogP contribution in [0.15, 0.2) is 0 Å². The summed E-state index contributed by atoms with van der Waals surface area (Å²) in [6, 6.07) is 0. The fourth-order valence-electron chi connectivity index (χ4n) is 1.32. The normalized spacial score (nSPS) is 39.4. The SMILES string of the molecule is CC(=O)NO[C@H]1C(F)O[C@H](CO)[C@@H](O)[C@@H]1O. The quantitative estimate of drug-likeness (QED) is 0.417. The second-order valence-corrected chi connectivity index (χ2v) is 3.43. The minimum Gasteiger partial charge on any atom is -0.394 e. The smallest absolute Gasteiger partial charge is 0.240 e. The molecule has 1 aliphatic heterocycles. The molecule has 1 fully saturated rings.